The van der Waals surface area contributed by atoms with Gasteiger partial charge in [0.2, 0.25) is 0 Å². The third kappa shape index (κ3) is 5.36. The Balaban J connectivity index is 1.13. The minimum Gasteiger partial charge on any atom is -0.457 e. The third-order valence-electron chi connectivity index (χ3n) is 8.17. The summed E-state index contributed by atoms with van der Waals surface area (Å²) in [5.74, 6) is 5.09. The van der Waals surface area contributed by atoms with Crippen LogP contribution in [0.25, 0.3) is 0 Å². The number of nitrogens with zero attached hydrogens (tertiary/aromatic N) is 2. The molecule has 0 saturated heterocycles. The molecule has 4 amide bonds. The Kier molecular flexibility index (Phi) is 7.06. The first-order valence-corrected chi connectivity index (χ1v) is 15.1. The molecule has 2 aliphatic rings. The maximum atomic E-state index is 13.6. The molecule has 0 spiro atoms. The second-order valence-electron chi connectivity index (χ2n) is 12.4. The van der Waals surface area contributed by atoms with Crippen LogP contribution in [0.1, 0.15) is 78.9 Å². The molecule has 0 radical (unpaired) electrons. The third-order valence-corrected chi connectivity index (χ3v) is 8.17. The maximum Gasteiger partial charge on any atom is 0.266 e. The van der Waals surface area contributed by atoms with E-state index in [2.05, 4.69) is 32.6 Å². The molecular weight excluding hydrogens is 588 g/mol. The summed E-state index contributed by atoms with van der Waals surface area (Å²) in [7, 11) is 0. The minimum absolute atomic E-state index is 0.000339. The van der Waals surface area contributed by atoms with Crippen LogP contribution < -0.4 is 14.5 Å². The molecule has 0 unspecified atom stereocenters. The smallest absolute Gasteiger partial charge is 0.266 e. The Morgan fingerprint density at radius 1 is 0.489 bits per heavy atom. The SMILES string of the molecule is CC(C)(C)c1ccc(Oc2ccc3c(c2)C(=O)N(c2cccc(N4C(=O)c5ccc(C#Cc6ccccc6)cc5C4=O)c2)C3=O)cc1. The fourth-order valence-corrected chi connectivity index (χ4v) is 5.67. The Morgan fingerprint density at radius 2 is 1.02 bits per heavy atom. The van der Waals surface area contributed by atoms with Crippen LogP contribution >= 0.6 is 0 Å². The molecule has 0 saturated carbocycles. The highest BCUT2D eigenvalue weighted by Gasteiger charge is 2.40. The quantitative estimate of drug-likeness (QED) is 0.152. The molecule has 0 aromatic heterocycles. The van der Waals surface area contributed by atoms with Crippen LogP contribution in [0.3, 0.4) is 0 Å². The van der Waals surface area contributed by atoms with E-state index in [1.165, 1.54) is 6.07 Å². The van der Waals surface area contributed by atoms with Crippen molar-refractivity contribution >= 4 is 35.0 Å². The number of benzene rings is 5. The molecule has 0 fully saturated rings. The van der Waals surface area contributed by atoms with Gasteiger partial charge in [-0.05, 0) is 89.8 Å². The first-order valence-electron chi connectivity index (χ1n) is 15.1. The molecule has 0 atom stereocenters. The van der Waals surface area contributed by atoms with Gasteiger partial charge in [-0.15, -0.1) is 0 Å². The summed E-state index contributed by atoms with van der Waals surface area (Å²) in [5.41, 5.74) is 4.00. The van der Waals surface area contributed by atoms with Gasteiger partial charge in [0.15, 0.2) is 0 Å². The van der Waals surface area contributed by atoms with Crippen LogP contribution in [0.15, 0.2) is 115 Å². The van der Waals surface area contributed by atoms with Crippen molar-refractivity contribution in [3.8, 4) is 23.3 Å². The molecule has 7 nitrogen and oxygen atoms in total. The monoisotopic (exact) mass is 616 g/mol. The highest BCUT2D eigenvalue weighted by atomic mass is 16.5. The van der Waals surface area contributed by atoms with E-state index in [4.69, 9.17) is 4.74 Å². The zero-order valence-corrected chi connectivity index (χ0v) is 25.9. The standard InChI is InChI=1S/C40H28N2O5/c1-40(2,3)27-15-17-30(18-16-27)47-31-19-21-33-35(24-31)39(46)42(37(33)44)29-11-7-10-28(23-29)41-36(43)32-20-14-26(22-34(32)38(41)45)13-12-25-8-5-4-6-9-25/h4-11,14-24H,1-3H3. The zero-order chi connectivity index (χ0) is 32.9. The number of hydrogen-bond donors (Lipinski definition) is 0. The predicted molar refractivity (Wildman–Crippen MR) is 179 cm³/mol. The molecule has 0 aliphatic carbocycles. The topological polar surface area (TPSA) is 84.0 Å². The summed E-state index contributed by atoms with van der Waals surface area (Å²) in [6.07, 6.45) is 0. The first-order chi connectivity index (χ1) is 22.6. The van der Waals surface area contributed by atoms with Crippen LogP contribution in [0.4, 0.5) is 11.4 Å². The van der Waals surface area contributed by atoms with Crippen molar-refractivity contribution in [2.45, 2.75) is 26.2 Å². The van der Waals surface area contributed by atoms with E-state index in [0.29, 0.717) is 17.1 Å². The Hall–Kier alpha value is -6.26. The molecule has 2 heterocycles. The number of fused-ring (bicyclic) bond motifs is 2. The van der Waals surface area contributed by atoms with Crippen molar-refractivity contribution in [1.29, 1.82) is 0 Å². The van der Waals surface area contributed by atoms with E-state index in [1.807, 2.05) is 54.6 Å². The van der Waals surface area contributed by atoms with Crippen molar-refractivity contribution in [3.63, 3.8) is 0 Å². The maximum absolute atomic E-state index is 13.6. The van der Waals surface area contributed by atoms with Gasteiger partial charge >= 0.3 is 0 Å². The number of hydrogen-bond acceptors (Lipinski definition) is 5. The summed E-state index contributed by atoms with van der Waals surface area (Å²) in [5, 5.41) is 0. The largest absolute Gasteiger partial charge is 0.457 e. The number of ether oxygens (including phenoxy) is 1. The Labute approximate surface area is 272 Å². The molecule has 47 heavy (non-hydrogen) atoms. The lowest BCUT2D eigenvalue weighted by atomic mass is 9.87. The first kappa shape index (κ1) is 29.5. The van der Waals surface area contributed by atoms with E-state index in [0.717, 1.165) is 20.9 Å². The van der Waals surface area contributed by atoms with Crippen LogP contribution in [0.2, 0.25) is 0 Å². The lowest BCUT2D eigenvalue weighted by molar-refractivity contribution is 0.0912. The van der Waals surface area contributed by atoms with Crippen molar-refractivity contribution < 1.29 is 23.9 Å². The number of amides is 4. The molecular formula is C40H28N2O5. The lowest BCUT2D eigenvalue weighted by Crippen LogP contribution is -2.31. The summed E-state index contributed by atoms with van der Waals surface area (Å²) < 4.78 is 6.01. The summed E-state index contributed by atoms with van der Waals surface area (Å²) >= 11 is 0. The van der Waals surface area contributed by atoms with E-state index >= 15 is 0 Å². The Morgan fingerprint density at radius 3 is 1.64 bits per heavy atom. The molecule has 0 N–H and O–H groups in total. The second-order valence-corrected chi connectivity index (χ2v) is 12.4. The van der Waals surface area contributed by atoms with Gasteiger partial charge in [-0.25, -0.2) is 9.80 Å². The van der Waals surface area contributed by atoms with Crippen LogP contribution in [0, 0.1) is 11.8 Å². The van der Waals surface area contributed by atoms with E-state index in [9.17, 15) is 19.2 Å². The molecule has 228 valence electrons. The summed E-state index contributed by atoms with van der Waals surface area (Å²) in [6, 6.07) is 33.2. The molecule has 5 aromatic carbocycles. The second kappa shape index (κ2) is 11.3. The molecule has 7 heteroatoms. The average Bonchev–Trinajstić information content (AvgIpc) is 3.47. The molecule has 7 rings (SSSR count). The van der Waals surface area contributed by atoms with Crippen molar-refractivity contribution in [2.24, 2.45) is 0 Å². The van der Waals surface area contributed by atoms with Gasteiger partial charge in [0.1, 0.15) is 11.5 Å². The van der Waals surface area contributed by atoms with Gasteiger partial charge in [-0.1, -0.05) is 69.0 Å². The van der Waals surface area contributed by atoms with Crippen LogP contribution in [-0.2, 0) is 5.41 Å². The highest BCUT2D eigenvalue weighted by molar-refractivity contribution is 6.36. The normalized spacial score (nSPS) is 13.8. The van der Waals surface area contributed by atoms with Gasteiger partial charge in [0, 0.05) is 11.1 Å². The number of carbonyl (C=O) groups excluding carboxylic acids is 4. The lowest BCUT2D eigenvalue weighted by Gasteiger charge is -2.19. The number of carbonyl (C=O) groups is 4. The van der Waals surface area contributed by atoms with Gasteiger partial charge < -0.3 is 4.74 Å². The van der Waals surface area contributed by atoms with Crippen molar-refractivity contribution in [3.05, 3.63) is 154 Å². The van der Waals surface area contributed by atoms with E-state index < -0.39 is 23.6 Å². The highest BCUT2D eigenvalue weighted by Crippen LogP contribution is 2.36. The van der Waals surface area contributed by atoms with Gasteiger partial charge in [-0.3, -0.25) is 19.2 Å². The van der Waals surface area contributed by atoms with Crippen molar-refractivity contribution in [1.82, 2.24) is 0 Å². The Bertz CT molecular complexity index is 2180. The van der Waals surface area contributed by atoms with Crippen molar-refractivity contribution in [2.75, 3.05) is 9.80 Å². The number of imide groups is 2. The fourth-order valence-electron chi connectivity index (χ4n) is 5.67. The minimum atomic E-state index is -0.528. The van der Waals surface area contributed by atoms with Gasteiger partial charge in [-0.2, -0.15) is 0 Å². The van der Waals surface area contributed by atoms with E-state index in [-0.39, 0.29) is 39.0 Å². The van der Waals surface area contributed by atoms with Gasteiger partial charge in [0.25, 0.3) is 23.6 Å². The zero-order valence-electron chi connectivity index (χ0n) is 25.9. The summed E-state index contributed by atoms with van der Waals surface area (Å²) in [6.45, 7) is 6.39. The summed E-state index contributed by atoms with van der Waals surface area (Å²) in [4.78, 5) is 56.1. The average molecular weight is 617 g/mol. The van der Waals surface area contributed by atoms with Crippen LogP contribution in [-0.4, -0.2) is 23.6 Å². The molecule has 0 bridgehead atoms. The fraction of sp³-hybridized carbons (Fsp3) is 0.100. The number of anilines is 2. The predicted octanol–water partition coefficient (Wildman–Crippen LogP) is 7.78. The van der Waals surface area contributed by atoms with E-state index in [1.54, 1.807) is 54.6 Å². The number of rotatable bonds is 4. The van der Waals surface area contributed by atoms with Crippen LogP contribution in [0.5, 0.6) is 11.5 Å². The molecule has 2 aliphatic heterocycles. The van der Waals surface area contributed by atoms with Gasteiger partial charge in [0.05, 0.1) is 33.6 Å². The molecule has 5 aromatic rings.